The molecule has 1 aromatic carbocycles. The molecule has 7 nitrogen and oxygen atoms in total. The van der Waals surface area contributed by atoms with Crippen LogP contribution < -0.4 is 10.2 Å². The first kappa shape index (κ1) is 19.0. The molecule has 28 heavy (non-hydrogen) atoms. The van der Waals surface area contributed by atoms with Crippen molar-refractivity contribution in [2.24, 2.45) is 0 Å². The highest BCUT2D eigenvalue weighted by Crippen LogP contribution is 2.31. The van der Waals surface area contributed by atoms with Crippen LogP contribution in [0.4, 0.5) is 5.13 Å². The van der Waals surface area contributed by atoms with Crippen LogP contribution in [-0.2, 0) is 20.7 Å². The van der Waals surface area contributed by atoms with Gasteiger partial charge in [-0.1, -0.05) is 30.4 Å². The van der Waals surface area contributed by atoms with E-state index in [9.17, 15) is 4.79 Å². The molecule has 4 rings (SSSR count). The van der Waals surface area contributed by atoms with Crippen LogP contribution in [0.3, 0.4) is 0 Å². The van der Waals surface area contributed by atoms with Crippen LogP contribution in [0.1, 0.15) is 12.5 Å². The summed E-state index contributed by atoms with van der Waals surface area (Å²) in [6.45, 7) is 8.36. The molecule has 1 aromatic heterocycles. The van der Waals surface area contributed by atoms with Gasteiger partial charge < -0.3 is 19.7 Å². The molecular weight excluding hydrogens is 376 g/mol. The summed E-state index contributed by atoms with van der Waals surface area (Å²) in [6, 6.07) is 6.44. The zero-order chi connectivity index (χ0) is 19.3. The number of benzene rings is 1. The first-order valence-corrected chi connectivity index (χ1v) is 10.6. The van der Waals surface area contributed by atoms with Gasteiger partial charge in [0.25, 0.3) is 5.91 Å². The Morgan fingerprint density at radius 1 is 1.25 bits per heavy atom. The van der Waals surface area contributed by atoms with Crippen molar-refractivity contribution in [3.05, 3.63) is 35.8 Å². The van der Waals surface area contributed by atoms with E-state index in [1.165, 1.54) is 16.5 Å². The Hall–Kier alpha value is -2.32. The lowest BCUT2D eigenvalue weighted by molar-refractivity contribution is -0.122. The molecule has 1 N–H and O–H groups in total. The van der Waals surface area contributed by atoms with Crippen LogP contribution in [-0.4, -0.2) is 68.3 Å². The molecule has 0 unspecified atom stereocenters. The molecule has 2 aromatic rings. The number of carbonyl (C=O) groups excluding carboxylic acids is 1. The second kappa shape index (κ2) is 8.79. The molecule has 0 aliphatic carbocycles. The van der Waals surface area contributed by atoms with Gasteiger partial charge in [0, 0.05) is 39.3 Å². The van der Waals surface area contributed by atoms with E-state index in [2.05, 4.69) is 40.2 Å². The molecule has 3 heterocycles. The summed E-state index contributed by atoms with van der Waals surface area (Å²) in [5.74, 6) is 0.0536. The number of aromatic nitrogens is 1. The lowest BCUT2D eigenvalue weighted by atomic mass is 10.1. The van der Waals surface area contributed by atoms with E-state index in [0.29, 0.717) is 19.8 Å². The first-order chi connectivity index (χ1) is 13.7. The standard InChI is InChI=1S/C20H26N4O3S/c1-2-15-4-3-5-17-18(15)22-20(28-17)24-10-8-23(9-11-24)7-6-21-19(25)16-14-26-12-13-27-16/h3-5,14H,2,6-13H2,1H3,(H,21,25). The number of nitrogens with one attached hydrogen (secondary N) is 1. The summed E-state index contributed by atoms with van der Waals surface area (Å²) >= 11 is 1.78. The molecule has 1 amide bonds. The van der Waals surface area contributed by atoms with Crippen molar-refractivity contribution in [3.8, 4) is 0 Å². The number of thiazole rings is 1. The van der Waals surface area contributed by atoms with Crippen LogP contribution in [0.15, 0.2) is 30.2 Å². The van der Waals surface area contributed by atoms with Crippen LogP contribution >= 0.6 is 11.3 Å². The third-order valence-corrected chi connectivity index (χ3v) is 6.18. The summed E-state index contributed by atoms with van der Waals surface area (Å²) in [5.41, 5.74) is 2.47. The number of hydrogen-bond donors (Lipinski definition) is 1. The highest BCUT2D eigenvalue weighted by Gasteiger charge is 2.21. The van der Waals surface area contributed by atoms with Crippen molar-refractivity contribution >= 4 is 32.6 Å². The maximum atomic E-state index is 12.0. The van der Waals surface area contributed by atoms with E-state index in [0.717, 1.165) is 49.8 Å². The minimum Gasteiger partial charge on any atom is -0.494 e. The third-order valence-electron chi connectivity index (χ3n) is 5.10. The Kier molecular flexibility index (Phi) is 5.97. The quantitative estimate of drug-likeness (QED) is 0.797. The fourth-order valence-electron chi connectivity index (χ4n) is 3.48. The maximum absolute atomic E-state index is 12.0. The van der Waals surface area contributed by atoms with Gasteiger partial charge in [0.1, 0.15) is 19.5 Å². The average Bonchev–Trinajstić information content (AvgIpc) is 3.19. The Balaban J connectivity index is 1.26. The van der Waals surface area contributed by atoms with Gasteiger partial charge in [0.05, 0.1) is 10.2 Å². The lowest BCUT2D eigenvalue weighted by Gasteiger charge is -2.34. The SMILES string of the molecule is CCc1cccc2sc(N3CCN(CCNC(=O)C4=COCCO4)CC3)nc12. The summed E-state index contributed by atoms with van der Waals surface area (Å²) in [4.78, 5) is 21.6. The van der Waals surface area contributed by atoms with Crippen LogP contribution in [0.2, 0.25) is 0 Å². The highest BCUT2D eigenvalue weighted by atomic mass is 32.1. The number of ether oxygens (including phenoxy) is 2. The zero-order valence-corrected chi connectivity index (χ0v) is 17.0. The van der Waals surface area contributed by atoms with Crippen molar-refractivity contribution in [2.75, 3.05) is 57.4 Å². The van der Waals surface area contributed by atoms with Crippen LogP contribution in [0.5, 0.6) is 0 Å². The largest absolute Gasteiger partial charge is 0.494 e. The van der Waals surface area contributed by atoms with Gasteiger partial charge in [-0.05, 0) is 18.1 Å². The number of hydrogen-bond acceptors (Lipinski definition) is 7. The van der Waals surface area contributed by atoms with Gasteiger partial charge in [0.15, 0.2) is 5.13 Å². The fourth-order valence-corrected chi connectivity index (χ4v) is 4.54. The van der Waals surface area contributed by atoms with Crippen LogP contribution in [0.25, 0.3) is 10.2 Å². The molecule has 1 saturated heterocycles. The number of para-hydroxylation sites is 1. The number of carbonyl (C=O) groups is 1. The maximum Gasteiger partial charge on any atom is 0.289 e. The highest BCUT2D eigenvalue weighted by molar-refractivity contribution is 7.22. The molecule has 0 bridgehead atoms. The third kappa shape index (κ3) is 4.23. The average molecular weight is 403 g/mol. The van der Waals surface area contributed by atoms with Gasteiger partial charge in [-0.2, -0.15) is 0 Å². The van der Waals surface area contributed by atoms with Gasteiger partial charge in [0.2, 0.25) is 5.76 Å². The molecule has 0 atom stereocenters. The van der Waals surface area contributed by atoms with Crippen molar-refractivity contribution < 1.29 is 14.3 Å². The van der Waals surface area contributed by atoms with E-state index in [1.807, 2.05) is 0 Å². The predicted octanol–water partition coefficient (Wildman–Crippen LogP) is 1.99. The molecule has 0 spiro atoms. The molecule has 2 aliphatic rings. The molecule has 2 aliphatic heterocycles. The van der Waals surface area contributed by atoms with Crippen molar-refractivity contribution in [2.45, 2.75) is 13.3 Å². The second-order valence-electron chi connectivity index (χ2n) is 6.90. The summed E-state index contributed by atoms with van der Waals surface area (Å²) in [5, 5.41) is 4.01. The topological polar surface area (TPSA) is 66.9 Å². The van der Waals surface area contributed by atoms with Crippen molar-refractivity contribution in [1.29, 1.82) is 0 Å². The summed E-state index contributed by atoms with van der Waals surface area (Å²) in [6.07, 6.45) is 2.40. The van der Waals surface area contributed by atoms with E-state index in [1.54, 1.807) is 11.3 Å². The van der Waals surface area contributed by atoms with Gasteiger partial charge >= 0.3 is 0 Å². The zero-order valence-electron chi connectivity index (χ0n) is 16.1. The van der Waals surface area contributed by atoms with E-state index in [-0.39, 0.29) is 11.7 Å². The number of anilines is 1. The smallest absolute Gasteiger partial charge is 0.289 e. The monoisotopic (exact) mass is 402 g/mol. The number of fused-ring (bicyclic) bond motifs is 1. The second-order valence-corrected chi connectivity index (χ2v) is 7.91. The minimum absolute atomic E-state index is 0.209. The van der Waals surface area contributed by atoms with E-state index in [4.69, 9.17) is 14.5 Å². The number of rotatable bonds is 6. The predicted molar refractivity (Wildman–Crippen MR) is 111 cm³/mol. The minimum atomic E-state index is -0.209. The Morgan fingerprint density at radius 3 is 2.86 bits per heavy atom. The molecule has 0 radical (unpaired) electrons. The normalized spacial score (nSPS) is 17.8. The Bertz CT molecular complexity index is 858. The molecular formula is C20H26N4O3S. The molecule has 8 heteroatoms. The summed E-state index contributed by atoms with van der Waals surface area (Å²) < 4.78 is 11.7. The van der Waals surface area contributed by atoms with Crippen molar-refractivity contribution in [3.63, 3.8) is 0 Å². The summed E-state index contributed by atoms with van der Waals surface area (Å²) in [7, 11) is 0. The lowest BCUT2D eigenvalue weighted by Crippen LogP contribution is -2.48. The molecule has 0 saturated carbocycles. The van der Waals surface area contributed by atoms with E-state index >= 15 is 0 Å². The number of piperazine rings is 1. The number of amides is 1. The first-order valence-electron chi connectivity index (χ1n) is 9.83. The van der Waals surface area contributed by atoms with Gasteiger partial charge in [-0.3, -0.25) is 9.69 Å². The Labute approximate surface area is 168 Å². The van der Waals surface area contributed by atoms with E-state index < -0.39 is 0 Å². The molecule has 1 fully saturated rings. The van der Waals surface area contributed by atoms with Gasteiger partial charge in [-0.15, -0.1) is 0 Å². The fraction of sp³-hybridized carbons (Fsp3) is 0.500. The number of aryl methyl sites for hydroxylation is 1. The van der Waals surface area contributed by atoms with Crippen LogP contribution in [0, 0.1) is 0 Å². The molecule has 150 valence electrons. The van der Waals surface area contributed by atoms with Crippen molar-refractivity contribution in [1.82, 2.24) is 15.2 Å². The number of nitrogens with zero attached hydrogens (tertiary/aromatic N) is 3. The van der Waals surface area contributed by atoms with Gasteiger partial charge in [-0.25, -0.2) is 4.98 Å². The Morgan fingerprint density at radius 2 is 2.11 bits per heavy atom.